The minimum atomic E-state index is -0.437. The molecule has 0 spiro atoms. The van der Waals surface area contributed by atoms with Crippen LogP contribution in [0.15, 0.2) is 84.0 Å². The van der Waals surface area contributed by atoms with Crippen LogP contribution in [0.4, 0.5) is 11.4 Å². The minimum absolute atomic E-state index is 0.0796. The fraction of sp³-hybridized carbons (Fsp3) is 0.387. The lowest BCUT2D eigenvalue weighted by Crippen LogP contribution is -2.46. The molecule has 214 valence electrons. The summed E-state index contributed by atoms with van der Waals surface area (Å²) < 4.78 is 20.8. The van der Waals surface area contributed by atoms with Crippen molar-refractivity contribution in [1.29, 1.82) is 0 Å². The quantitative estimate of drug-likeness (QED) is 0.303. The number of anilines is 2. The number of ether oxygens (including phenoxy) is 3. The first kappa shape index (κ1) is 27.0. The van der Waals surface area contributed by atoms with Crippen molar-refractivity contribution >= 4 is 11.4 Å². The Morgan fingerprint density at radius 1 is 0.927 bits per heavy atom. The smallest absolute Gasteiger partial charge is 0.350 e. The van der Waals surface area contributed by atoms with E-state index in [4.69, 9.17) is 14.2 Å². The maximum Gasteiger partial charge on any atom is 0.350 e. The van der Waals surface area contributed by atoms with Crippen LogP contribution < -0.4 is 20.2 Å². The molecular formula is C31H36N6O4. The summed E-state index contributed by atoms with van der Waals surface area (Å²) in [6, 6.07) is 22.2. The van der Waals surface area contributed by atoms with E-state index in [1.165, 1.54) is 5.69 Å². The molecule has 0 radical (unpaired) electrons. The zero-order chi connectivity index (χ0) is 28.2. The minimum Gasteiger partial charge on any atom is -0.491 e. The summed E-state index contributed by atoms with van der Waals surface area (Å²) in [6.45, 7) is 8.64. The summed E-state index contributed by atoms with van der Waals surface area (Å²) in [6.07, 6.45) is 3.63. The maximum atomic E-state index is 12.7. The van der Waals surface area contributed by atoms with Crippen LogP contribution in [0.3, 0.4) is 0 Å². The van der Waals surface area contributed by atoms with Gasteiger partial charge < -0.3 is 24.0 Å². The highest BCUT2D eigenvalue weighted by atomic mass is 16.7. The average Bonchev–Trinajstić information content (AvgIpc) is 3.67. The number of benzene rings is 2. The van der Waals surface area contributed by atoms with Crippen LogP contribution in [-0.2, 0) is 9.47 Å². The monoisotopic (exact) mass is 556 g/mol. The lowest BCUT2D eigenvalue weighted by molar-refractivity contribution is -0.0687. The second-order valence-electron chi connectivity index (χ2n) is 10.5. The van der Waals surface area contributed by atoms with Gasteiger partial charge in [-0.3, -0.25) is 4.98 Å². The Morgan fingerprint density at radius 3 is 2.22 bits per heavy atom. The van der Waals surface area contributed by atoms with Crippen molar-refractivity contribution in [1.82, 2.24) is 19.3 Å². The highest BCUT2D eigenvalue weighted by molar-refractivity contribution is 5.54. The van der Waals surface area contributed by atoms with E-state index >= 15 is 0 Å². The SMILES string of the molecule is CCC(C)n1ncn(-c2ccc(N3CCN(c4ccc(OC[C@@H]5CO[C@@H](c6ccccn6)O5)cc4)CC3)cc2)c1=O. The van der Waals surface area contributed by atoms with Crippen molar-refractivity contribution in [2.75, 3.05) is 49.2 Å². The highest BCUT2D eigenvalue weighted by Crippen LogP contribution is 2.27. The molecule has 3 atom stereocenters. The van der Waals surface area contributed by atoms with Gasteiger partial charge in [0.05, 0.1) is 24.0 Å². The third-order valence-electron chi connectivity index (χ3n) is 7.79. The van der Waals surface area contributed by atoms with Crippen molar-refractivity contribution < 1.29 is 14.2 Å². The lowest BCUT2D eigenvalue weighted by Gasteiger charge is -2.37. The maximum absolute atomic E-state index is 12.7. The van der Waals surface area contributed by atoms with Gasteiger partial charge in [-0.2, -0.15) is 5.10 Å². The Balaban J connectivity index is 0.984. The summed E-state index contributed by atoms with van der Waals surface area (Å²) in [7, 11) is 0. The first-order chi connectivity index (χ1) is 20.1. The molecule has 0 aliphatic carbocycles. The predicted molar refractivity (Wildman–Crippen MR) is 157 cm³/mol. The molecule has 1 unspecified atom stereocenters. The largest absolute Gasteiger partial charge is 0.491 e. The summed E-state index contributed by atoms with van der Waals surface area (Å²) in [5, 5.41) is 4.29. The number of nitrogens with zero attached hydrogens (tertiary/aromatic N) is 6. The van der Waals surface area contributed by atoms with E-state index in [0.717, 1.165) is 55.4 Å². The Labute approximate surface area is 239 Å². The van der Waals surface area contributed by atoms with Crippen LogP contribution in [-0.4, -0.2) is 64.8 Å². The third kappa shape index (κ3) is 5.98. The normalized spacial score (nSPS) is 19.9. The molecule has 2 aliphatic heterocycles. The second-order valence-corrected chi connectivity index (χ2v) is 10.5. The molecule has 10 heteroatoms. The van der Waals surface area contributed by atoms with Crippen molar-refractivity contribution in [3.8, 4) is 11.4 Å². The van der Waals surface area contributed by atoms with Crippen molar-refractivity contribution in [3.63, 3.8) is 0 Å². The van der Waals surface area contributed by atoms with Gasteiger partial charge in [0.15, 0.2) is 0 Å². The fourth-order valence-electron chi connectivity index (χ4n) is 5.16. The lowest BCUT2D eigenvalue weighted by atomic mass is 10.2. The summed E-state index contributed by atoms with van der Waals surface area (Å²) >= 11 is 0. The first-order valence-electron chi connectivity index (χ1n) is 14.3. The van der Waals surface area contributed by atoms with E-state index in [1.54, 1.807) is 21.8 Å². The molecule has 4 aromatic rings. The van der Waals surface area contributed by atoms with Gasteiger partial charge >= 0.3 is 5.69 Å². The number of aromatic nitrogens is 4. The Hall–Kier alpha value is -4.15. The highest BCUT2D eigenvalue weighted by Gasteiger charge is 2.28. The van der Waals surface area contributed by atoms with Crippen LogP contribution in [0.25, 0.3) is 5.69 Å². The predicted octanol–water partition coefficient (Wildman–Crippen LogP) is 4.22. The van der Waals surface area contributed by atoms with Gasteiger partial charge in [-0.05, 0) is 74.0 Å². The standard InChI is InChI=1S/C31H36N6O4/c1-3-23(2)37-31(38)36(22-33-37)26-9-7-24(8-10-26)34-16-18-35(19-17-34)25-11-13-27(14-12-25)39-20-28-21-40-30(41-28)29-6-4-5-15-32-29/h4-15,22-23,28,30H,3,16-21H2,1-2H3/t23?,28-,30-/m1/s1. The molecule has 0 N–H and O–H groups in total. The molecule has 2 aromatic heterocycles. The second kappa shape index (κ2) is 12.2. The van der Waals surface area contributed by atoms with Gasteiger partial charge in [0, 0.05) is 43.8 Å². The molecule has 6 rings (SSSR count). The van der Waals surface area contributed by atoms with Crippen LogP contribution in [0.1, 0.15) is 38.3 Å². The van der Waals surface area contributed by atoms with Gasteiger partial charge in [0.25, 0.3) is 0 Å². The molecule has 0 amide bonds. The van der Waals surface area contributed by atoms with E-state index in [9.17, 15) is 4.79 Å². The molecule has 4 heterocycles. The van der Waals surface area contributed by atoms with Crippen LogP contribution in [0.5, 0.6) is 5.75 Å². The van der Waals surface area contributed by atoms with Crippen molar-refractivity contribution in [2.45, 2.75) is 38.7 Å². The Bertz CT molecular complexity index is 1460. The van der Waals surface area contributed by atoms with E-state index in [1.807, 2.05) is 49.4 Å². The number of pyridine rings is 1. The van der Waals surface area contributed by atoms with Crippen LogP contribution >= 0.6 is 0 Å². The zero-order valence-corrected chi connectivity index (χ0v) is 23.5. The number of hydrogen-bond donors (Lipinski definition) is 0. The molecule has 2 aliphatic rings. The molecule has 0 saturated carbocycles. The molecular weight excluding hydrogens is 520 g/mol. The molecule has 2 fully saturated rings. The Kier molecular flexibility index (Phi) is 8.02. The van der Waals surface area contributed by atoms with E-state index in [0.29, 0.717) is 13.2 Å². The third-order valence-corrected chi connectivity index (χ3v) is 7.79. The zero-order valence-electron chi connectivity index (χ0n) is 23.5. The van der Waals surface area contributed by atoms with Crippen LogP contribution in [0.2, 0.25) is 0 Å². The summed E-state index contributed by atoms with van der Waals surface area (Å²) in [5.41, 5.74) is 3.84. The van der Waals surface area contributed by atoms with E-state index in [2.05, 4.69) is 51.1 Å². The summed E-state index contributed by atoms with van der Waals surface area (Å²) in [4.78, 5) is 21.8. The van der Waals surface area contributed by atoms with Gasteiger partial charge in [0.1, 0.15) is 24.8 Å². The van der Waals surface area contributed by atoms with Gasteiger partial charge in [-0.25, -0.2) is 14.0 Å². The molecule has 10 nitrogen and oxygen atoms in total. The van der Waals surface area contributed by atoms with Gasteiger partial charge in [-0.1, -0.05) is 13.0 Å². The Morgan fingerprint density at radius 2 is 1.59 bits per heavy atom. The van der Waals surface area contributed by atoms with Crippen LogP contribution in [0, 0.1) is 0 Å². The fourth-order valence-corrected chi connectivity index (χ4v) is 5.16. The van der Waals surface area contributed by atoms with Gasteiger partial charge in [-0.15, -0.1) is 0 Å². The van der Waals surface area contributed by atoms with Gasteiger partial charge in [0.2, 0.25) is 6.29 Å². The van der Waals surface area contributed by atoms with E-state index < -0.39 is 6.29 Å². The summed E-state index contributed by atoms with van der Waals surface area (Å²) in [5.74, 6) is 0.811. The van der Waals surface area contributed by atoms with Crippen molar-refractivity contribution in [2.24, 2.45) is 0 Å². The number of hydrogen-bond acceptors (Lipinski definition) is 8. The number of piperazine rings is 1. The average molecular weight is 557 g/mol. The first-order valence-corrected chi connectivity index (χ1v) is 14.3. The molecule has 41 heavy (non-hydrogen) atoms. The number of rotatable bonds is 9. The van der Waals surface area contributed by atoms with E-state index in [-0.39, 0.29) is 17.8 Å². The molecule has 2 saturated heterocycles. The molecule has 2 aromatic carbocycles. The van der Waals surface area contributed by atoms with Crippen molar-refractivity contribution in [3.05, 3.63) is 95.4 Å². The molecule has 0 bridgehead atoms. The topological polar surface area (TPSA) is 86.9 Å².